The number of carbonyl (C=O) groups is 1. The Kier molecular flexibility index (Phi) is 4.81. The Morgan fingerprint density at radius 1 is 1.21 bits per heavy atom. The molecule has 0 atom stereocenters. The molecule has 0 unspecified atom stereocenters. The van der Waals surface area contributed by atoms with Gasteiger partial charge in [0.05, 0.1) is 4.92 Å². The van der Waals surface area contributed by atoms with Gasteiger partial charge in [0.15, 0.2) is 11.5 Å². The SMILES string of the molecule is O=C(Cc1ccccc1)c1cc(OS(=O)(=O)O)c(O)c([N+](=O)[O-])c1. The highest BCUT2D eigenvalue weighted by atomic mass is 32.3. The number of rotatable bonds is 6. The molecule has 0 spiro atoms. The van der Waals surface area contributed by atoms with Gasteiger partial charge in [-0.05, 0) is 11.6 Å². The lowest BCUT2D eigenvalue weighted by atomic mass is 10.0. The Hall–Kier alpha value is -2.98. The fraction of sp³-hybridized carbons (Fsp3) is 0.0714. The molecule has 0 radical (unpaired) electrons. The molecule has 9 nitrogen and oxygen atoms in total. The number of benzene rings is 2. The maximum absolute atomic E-state index is 12.2. The molecule has 2 aromatic rings. The van der Waals surface area contributed by atoms with Gasteiger partial charge in [0.2, 0.25) is 5.75 Å². The molecule has 2 rings (SSSR count). The number of aromatic hydroxyl groups is 1. The average Bonchev–Trinajstić information content (AvgIpc) is 2.48. The van der Waals surface area contributed by atoms with Crippen LogP contribution in [0.1, 0.15) is 15.9 Å². The smallest absolute Gasteiger partial charge is 0.446 e. The van der Waals surface area contributed by atoms with Crippen molar-refractivity contribution in [3.63, 3.8) is 0 Å². The summed E-state index contributed by atoms with van der Waals surface area (Å²) in [5, 5.41) is 20.6. The average molecular weight is 353 g/mol. The number of nitrogens with zero attached hydrogens (tertiary/aromatic N) is 1. The summed E-state index contributed by atoms with van der Waals surface area (Å²) in [6, 6.07) is 10.1. The van der Waals surface area contributed by atoms with Gasteiger partial charge in [-0.3, -0.25) is 19.5 Å². The third-order valence-electron chi connectivity index (χ3n) is 2.98. The first-order valence-electron chi connectivity index (χ1n) is 6.43. The summed E-state index contributed by atoms with van der Waals surface area (Å²) in [4.78, 5) is 22.2. The Bertz CT molecular complexity index is 892. The van der Waals surface area contributed by atoms with Crippen molar-refractivity contribution in [1.29, 1.82) is 0 Å². The van der Waals surface area contributed by atoms with Gasteiger partial charge >= 0.3 is 16.1 Å². The number of hydrogen-bond acceptors (Lipinski definition) is 7. The van der Waals surface area contributed by atoms with Crippen molar-refractivity contribution in [3.05, 3.63) is 63.7 Å². The Balaban J connectivity index is 2.45. The van der Waals surface area contributed by atoms with Crippen LogP contribution in [0.3, 0.4) is 0 Å². The van der Waals surface area contributed by atoms with E-state index in [1.807, 2.05) is 0 Å². The number of ketones is 1. The summed E-state index contributed by atoms with van der Waals surface area (Å²) < 4.78 is 34.3. The second-order valence-corrected chi connectivity index (χ2v) is 5.72. The predicted octanol–water partition coefficient (Wildman–Crippen LogP) is 1.91. The number of nitro benzene ring substituents is 1. The van der Waals surface area contributed by atoms with Gasteiger partial charge in [-0.2, -0.15) is 8.42 Å². The highest BCUT2D eigenvalue weighted by molar-refractivity contribution is 7.81. The van der Waals surface area contributed by atoms with E-state index in [0.29, 0.717) is 5.56 Å². The van der Waals surface area contributed by atoms with Crippen LogP contribution in [0, 0.1) is 10.1 Å². The third kappa shape index (κ3) is 4.27. The molecule has 24 heavy (non-hydrogen) atoms. The number of carbonyl (C=O) groups excluding carboxylic acids is 1. The normalized spacial score (nSPS) is 11.0. The van der Waals surface area contributed by atoms with Gasteiger partial charge in [-0.25, -0.2) is 0 Å². The largest absolute Gasteiger partial charge is 0.499 e. The Morgan fingerprint density at radius 2 is 1.83 bits per heavy atom. The summed E-state index contributed by atoms with van der Waals surface area (Å²) in [5.74, 6) is -2.60. The van der Waals surface area contributed by atoms with Crippen molar-refractivity contribution in [2.45, 2.75) is 6.42 Å². The van der Waals surface area contributed by atoms with Crippen LogP contribution in [-0.4, -0.2) is 28.8 Å². The Morgan fingerprint density at radius 3 is 2.38 bits per heavy atom. The monoisotopic (exact) mass is 353 g/mol. The summed E-state index contributed by atoms with van der Waals surface area (Å²) in [6.45, 7) is 0. The van der Waals surface area contributed by atoms with Gasteiger partial charge in [0.25, 0.3) is 0 Å². The van der Waals surface area contributed by atoms with E-state index in [1.54, 1.807) is 30.3 Å². The van der Waals surface area contributed by atoms with E-state index in [1.165, 1.54) is 0 Å². The summed E-state index contributed by atoms with van der Waals surface area (Å²) >= 11 is 0. The topological polar surface area (TPSA) is 144 Å². The highest BCUT2D eigenvalue weighted by Crippen LogP contribution is 2.38. The molecule has 0 saturated heterocycles. The van der Waals surface area contributed by atoms with Crippen molar-refractivity contribution < 1.29 is 32.0 Å². The number of Topliss-reactive ketones (excluding diaryl/α,β-unsaturated/α-hetero) is 1. The zero-order chi connectivity index (χ0) is 17.9. The molecular formula is C14H11NO8S. The van der Waals surface area contributed by atoms with Crippen molar-refractivity contribution in [1.82, 2.24) is 0 Å². The summed E-state index contributed by atoms with van der Waals surface area (Å²) in [6.07, 6.45) is -0.103. The molecular weight excluding hydrogens is 342 g/mol. The number of nitro groups is 1. The molecule has 0 amide bonds. The van der Waals surface area contributed by atoms with Gasteiger partial charge in [-0.1, -0.05) is 30.3 Å². The van der Waals surface area contributed by atoms with Crippen LogP contribution in [0.2, 0.25) is 0 Å². The van der Waals surface area contributed by atoms with E-state index < -0.39 is 38.3 Å². The molecule has 126 valence electrons. The molecule has 0 aliphatic rings. The first-order chi connectivity index (χ1) is 11.2. The van der Waals surface area contributed by atoms with Gasteiger partial charge in [0.1, 0.15) is 0 Å². The minimum atomic E-state index is -5.04. The van der Waals surface area contributed by atoms with Crippen LogP contribution >= 0.6 is 0 Å². The zero-order valence-corrected chi connectivity index (χ0v) is 12.8. The molecule has 2 aromatic carbocycles. The minimum absolute atomic E-state index is 0.103. The fourth-order valence-electron chi connectivity index (χ4n) is 1.95. The molecule has 0 aromatic heterocycles. The molecule has 10 heteroatoms. The van der Waals surface area contributed by atoms with E-state index in [2.05, 4.69) is 4.18 Å². The maximum Gasteiger partial charge on any atom is 0.446 e. The van der Waals surface area contributed by atoms with Gasteiger partial charge in [-0.15, -0.1) is 0 Å². The number of phenols is 1. The fourth-order valence-corrected chi connectivity index (χ4v) is 2.31. The molecule has 0 aliphatic carbocycles. The predicted molar refractivity (Wildman–Crippen MR) is 81.4 cm³/mol. The molecule has 0 saturated carbocycles. The Labute approximate surface area is 136 Å². The maximum atomic E-state index is 12.2. The van der Waals surface area contributed by atoms with Crippen LogP contribution < -0.4 is 4.18 Å². The van der Waals surface area contributed by atoms with Crippen LogP contribution in [0.15, 0.2) is 42.5 Å². The molecule has 0 fully saturated rings. The summed E-state index contributed by atoms with van der Waals surface area (Å²) in [5.41, 5.74) is -0.537. The molecule has 0 bridgehead atoms. The lowest BCUT2D eigenvalue weighted by molar-refractivity contribution is -0.385. The van der Waals surface area contributed by atoms with Crippen LogP contribution in [0.25, 0.3) is 0 Å². The molecule has 0 aliphatic heterocycles. The van der Waals surface area contributed by atoms with Crippen molar-refractivity contribution in [2.24, 2.45) is 0 Å². The number of hydrogen-bond donors (Lipinski definition) is 2. The molecule has 0 heterocycles. The van der Waals surface area contributed by atoms with E-state index in [9.17, 15) is 28.4 Å². The quantitative estimate of drug-likeness (QED) is 0.347. The van der Waals surface area contributed by atoms with Crippen LogP contribution in [-0.2, 0) is 16.8 Å². The first-order valence-corrected chi connectivity index (χ1v) is 7.79. The zero-order valence-electron chi connectivity index (χ0n) is 11.9. The van der Waals surface area contributed by atoms with E-state index in [-0.39, 0.29) is 12.0 Å². The highest BCUT2D eigenvalue weighted by Gasteiger charge is 2.25. The minimum Gasteiger partial charge on any atom is -0.499 e. The summed E-state index contributed by atoms with van der Waals surface area (Å²) in [7, 11) is -5.04. The van der Waals surface area contributed by atoms with E-state index in [4.69, 9.17) is 4.55 Å². The van der Waals surface area contributed by atoms with E-state index >= 15 is 0 Å². The second-order valence-electron chi connectivity index (χ2n) is 4.70. The van der Waals surface area contributed by atoms with Crippen molar-refractivity contribution in [2.75, 3.05) is 0 Å². The lowest BCUT2D eigenvalue weighted by Crippen LogP contribution is -2.09. The first kappa shape index (κ1) is 17.4. The number of phenolic OH excluding ortho intramolecular Hbond substituents is 1. The van der Waals surface area contributed by atoms with Crippen LogP contribution in [0.4, 0.5) is 5.69 Å². The van der Waals surface area contributed by atoms with E-state index in [0.717, 1.165) is 12.1 Å². The second kappa shape index (κ2) is 6.64. The lowest BCUT2D eigenvalue weighted by Gasteiger charge is -2.08. The van der Waals surface area contributed by atoms with Crippen molar-refractivity contribution in [3.8, 4) is 11.5 Å². The molecule has 2 N–H and O–H groups in total. The van der Waals surface area contributed by atoms with Crippen LogP contribution in [0.5, 0.6) is 11.5 Å². The van der Waals surface area contributed by atoms with Crippen molar-refractivity contribution >= 4 is 21.9 Å². The standard InChI is InChI=1S/C14H11NO8S/c16-12(6-9-4-2-1-3-5-9)10-7-11(15(18)19)14(17)13(8-10)23-24(20,21)22/h1-5,7-8,17H,6H2,(H,20,21,22). The van der Waals surface area contributed by atoms with Gasteiger partial charge < -0.3 is 9.29 Å². The van der Waals surface area contributed by atoms with Gasteiger partial charge in [0, 0.05) is 18.1 Å². The third-order valence-corrected chi connectivity index (χ3v) is 3.37.